The summed E-state index contributed by atoms with van der Waals surface area (Å²) in [6, 6.07) is 14.7. The number of amides is 1. The number of carbonyl (C=O) groups excluding carboxylic acids is 1. The summed E-state index contributed by atoms with van der Waals surface area (Å²) in [6.45, 7) is -0.161. The maximum absolute atomic E-state index is 12.8. The van der Waals surface area contributed by atoms with Crippen LogP contribution in [-0.4, -0.2) is 26.9 Å². The van der Waals surface area contributed by atoms with Gasteiger partial charge in [-0.2, -0.15) is 0 Å². The van der Waals surface area contributed by atoms with Crippen molar-refractivity contribution in [2.24, 2.45) is 0 Å². The van der Waals surface area contributed by atoms with Gasteiger partial charge in [-0.05, 0) is 42.5 Å². The summed E-state index contributed by atoms with van der Waals surface area (Å²) < 4.78 is 20.0. The van der Waals surface area contributed by atoms with Crippen LogP contribution in [0.2, 0.25) is 0 Å². The number of anilines is 1. The van der Waals surface area contributed by atoms with E-state index in [2.05, 4.69) is 15.3 Å². The third-order valence-corrected chi connectivity index (χ3v) is 3.88. The number of halogens is 1. The first-order chi connectivity index (χ1) is 13.2. The van der Waals surface area contributed by atoms with E-state index in [9.17, 15) is 9.18 Å². The molecule has 4 rings (SSSR count). The van der Waals surface area contributed by atoms with Crippen molar-refractivity contribution in [2.75, 3.05) is 11.9 Å². The number of benzene rings is 2. The fraction of sp³-hybridized carbons (Fsp3) is 0.0500. The first kappa shape index (κ1) is 16.7. The summed E-state index contributed by atoms with van der Waals surface area (Å²) in [6.07, 6.45) is 5.47. The molecule has 2 aromatic carbocycles. The van der Waals surface area contributed by atoms with Crippen LogP contribution in [0.15, 0.2) is 73.2 Å². The number of fused-ring (bicyclic) bond motifs is 1. The van der Waals surface area contributed by atoms with Crippen molar-refractivity contribution in [3.05, 3.63) is 79.0 Å². The molecule has 0 aliphatic carbocycles. The van der Waals surface area contributed by atoms with E-state index in [0.29, 0.717) is 17.2 Å². The van der Waals surface area contributed by atoms with Crippen molar-refractivity contribution in [3.8, 4) is 17.0 Å². The van der Waals surface area contributed by atoms with Gasteiger partial charge in [-0.25, -0.2) is 14.4 Å². The van der Waals surface area contributed by atoms with Crippen LogP contribution < -0.4 is 10.1 Å². The first-order valence-corrected chi connectivity index (χ1v) is 8.26. The van der Waals surface area contributed by atoms with Gasteiger partial charge in [0.25, 0.3) is 5.91 Å². The Morgan fingerprint density at radius 3 is 2.63 bits per heavy atom. The molecule has 6 nitrogen and oxygen atoms in total. The molecule has 4 aromatic rings. The van der Waals surface area contributed by atoms with Crippen molar-refractivity contribution in [1.82, 2.24) is 14.4 Å². The number of nitrogens with zero attached hydrogens (tertiary/aromatic N) is 3. The summed E-state index contributed by atoms with van der Waals surface area (Å²) in [4.78, 5) is 20.6. The molecule has 0 saturated heterocycles. The quantitative estimate of drug-likeness (QED) is 0.589. The van der Waals surface area contributed by atoms with E-state index in [1.165, 1.54) is 24.3 Å². The van der Waals surface area contributed by atoms with Crippen LogP contribution in [0.3, 0.4) is 0 Å². The van der Waals surface area contributed by atoms with E-state index < -0.39 is 0 Å². The van der Waals surface area contributed by atoms with Gasteiger partial charge >= 0.3 is 0 Å². The second-order valence-corrected chi connectivity index (χ2v) is 5.82. The standard InChI is InChI=1S/C20H15FN4O2/c21-15-4-8-17(9-5-15)27-13-19(26)23-16-6-2-14(3-7-16)18-12-25-11-1-10-22-20(25)24-18/h1-12H,13H2,(H,23,26). The Morgan fingerprint density at radius 1 is 1.11 bits per heavy atom. The molecule has 0 radical (unpaired) electrons. The van der Waals surface area contributed by atoms with Gasteiger partial charge in [-0.1, -0.05) is 12.1 Å². The predicted molar refractivity (Wildman–Crippen MR) is 98.9 cm³/mol. The number of carbonyl (C=O) groups is 1. The minimum atomic E-state index is -0.353. The summed E-state index contributed by atoms with van der Waals surface area (Å²) >= 11 is 0. The highest BCUT2D eigenvalue weighted by Crippen LogP contribution is 2.21. The zero-order valence-corrected chi connectivity index (χ0v) is 14.2. The van der Waals surface area contributed by atoms with E-state index in [1.807, 2.05) is 35.0 Å². The van der Waals surface area contributed by atoms with E-state index in [1.54, 1.807) is 18.3 Å². The molecule has 134 valence electrons. The van der Waals surface area contributed by atoms with Crippen LogP contribution in [0.4, 0.5) is 10.1 Å². The SMILES string of the molecule is O=C(COc1ccc(F)cc1)Nc1ccc(-c2cn3cccnc3n2)cc1. The predicted octanol–water partition coefficient (Wildman–Crippen LogP) is 3.55. The van der Waals surface area contributed by atoms with Crippen molar-refractivity contribution in [2.45, 2.75) is 0 Å². The maximum Gasteiger partial charge on any atom is 0.262 e. The van der Waals surface area contributed by atoms with E-state index in [4.69, 9.17) is 4.74 Å². The molecule has 0 bridgehead atoms. The zero-order valence-electron chi connectivity index (χ0n) is 14.2. The lowest BCUT2D eigenvalue weighted by molar-refractivity contribution is -0.118. The average Bonchev–Trinajstić information content (AvgIpc) is 3.12. The van der Waals surface area contributed by atoms with Gasteiger partial charge in [0.05, 0.1) is 5.69 Å². The van der Waals surface area contributed by atoms with Gasteiger partial charge < -0.3 is 10.1 Å². The van der Waals surface area contributed by atoms with Crippen LogP contribution in [-0.2, 0) is 4.79 Å². The molecule has 0 atom stereocenters. The Balaban J connectivity index is 1.38. The zero-order chi connectivity index (χ0) is 18.6. The van der Waals surface area contributed by atoms with Gasteiger partial charge in [0.2, 0.25) is 5.78 Å². The molecule has 7 heteroatoms. The molecule has 0 fully saturated rings. The van der Waals surface area contributed by atoms with Gasteiger partial charge in [0.1, 0.15) is 11.6 Å². The largest absolute Gasteiger partial charge is 0.484 e. The Hall–Kier alpha value is -3.74. The second kappa shape index (κ2) is 7.25. The van der Waals surface area contributed by atoms with Crippen LogP contribution in [0.25, 0.3) is 17.0 Å². The Labute approximate surface area is 154 Å². The van der Waals surface area contributed by atoms with E-state index >= 15 is 0 Å². The Kier molecular flexibility index (Phi) is 4.49. The summed E-state index contributed by atoms with van der Waals surface area (Å²) in [7, 11) is 0. The molecule has 0 spiro atoms. The van der Waals surface area contributed by atoms with Crippen molar-refractivity contribution < 1.29 is 13.9 Å². The van der Waals surface area contributed by atoms with E-state index in [-0.39, 0.29) is 18.3 Å². The second-order valence-electron chi connectivity index (χ2n) is 5.82. The molecule has 0 unspecified atom stereocenters. The number of ether oxygens (including phenoxy) is 1. The van der Waals surface area contributed by atoms with Crippen LogP contribution in [0.1, 0.15) is 0 Å². The molecule has 0 saturated carbocycles. The number of nitrogens with one attached hydrogen (secondary N) is 1. The van der Waals surface area contributed by atoms with Gasteiger partial charge in [0.15, 0.2) is 6.61 Å². The molecular formula is C20H15FN4O2. The molecule has 2 heterocycles. The number of aromatic nitrogens is 3. The van der Waals surface area contributed by atoms with Crippen LogP contribution >= 0.6 is 0 Å². The monoisotopic (exact) mass is 362 g/mol. The summed E-state index contributed by atoms with van der Waals surface area (Å²) in [5.74, 6) is 0.405. The summed E-state index contributed by atoms with van der Waals surface area (Å²) in [5, 5.41) is 2.75. The minimum absolute atomic E-state index is 0.161. The number of hydrogen-bond donors (Lipinski definition) is 1. The normalized spacial score (nSPS) is 10.7. The van der Waals surface area contributed by atoms with Gasteiger partial charge in [0, 0.05) is 29.8 Å². The van der Waals surface area contributed by atoms with Crippen molar-refractivity contribution in [1.29, 1.82) is 0 Å². The molecular weight excluding hydrogens is 347 g/mol. The molecule has 1 N–H and O–H groups in total. The lowest BCUT2D eigenvalue weighted by atomic mass is 10.1. The number of imidazole rings is 1. The number of rotatable bonds is 5. The maximum atomic E-state index is 12.8. The molecule has 2 aromatic heterocycles. The molecule has 1 amide bonds. The highest BCUT2D eigenvalue weighted by Gasteiger charge is 2.07. The van der Waals surface area contributed by atoms with Crippen LogP contribution in [0.5, 0.6) is 5.75 Å². The van der Waals surface area contributed by atoms with Crippen molar-refractivity contribution >= 4 is 17.4 Å². The Morgan fingerprint density at radius 2 is 1.89 bits per heavy atom. The smallest absolute Gasteiger partial charge is 0.262 e. The fourth-order valence-corrected chi connectivity index (χ4v) is 2.57. The number of hydrogen-bond acceptors (Lipinski definition) is 4. The van der Waals surface area contributed by atoms with Crippen LogP contribution in [0, 0.1) is 5.82 Å². The topological polar surface area (TPSA) is 68.5 Å². The molecule has 0 aliphatic heterocycles. The summed E-state index contributed by atoms with van der Waals surface area (Å²) in [5.41, 5.74) is 2.36. The Bertz CT molecular complexity index is 1040. The van der Waals surface area contributed by atoms with Gasteiger partial charge in [-0.3, -0.25) is 9.20 Å². The van der Waals surface area contributed by atoms with Crippen molar-refractivity contribution in [3.63, 3.8) is 0 Å². The lowest BCUT2D eigenvalue weighted by Crippen LogP contribution is -2.20. The first-order valence-electron chi connectivity index (χ1n) is 8.26. The fourth-order valence-electron chi connectivity index (χ4n) is 2.57. The highest BCUT2D eigenvalue weighted by atomic mass is 19.1. The third kappa shape index (κ3) is 3.92. The molecule has 0 aliphatic rings. The van der Waals surface area contributed by atoms with Gasteiger partial charge in [-0.15, -0.1) is 0 Å². The minimum Gasteiger partial charge on any atom is -0.484 e. The van der Waals surface area contributed by atoms with E-state index in [0.717, 1.165) is 11.3 Å². The molecule has 27 heavy (non-hydrogen) atoms. The highest BCUT2D eigenvalue weighted by molar-refractivity contribution is 5.92. The lowest BCUT2D eigenvalue weighted by Gasteiger charge is -2.08. The average molecular weight is 362 g/mol. The third-order valence-electron chi connectivity index (χ3n) is 3.88.